The maximum absolute atomic E-state index is 11.1. The Balaban J connectivity index is 3.27. The van der Waals surface area contributed by atoms with Gasteiger partial charge in [0.2, 0.25) is 5.12 Å². The van der Waals surface area contributed by atoms with Crippen LogP contribution in [0.4, 0.5) is 0 Å². The summed E-state index contributed by atoms with van der Waals surface area (Å²) in [5.41, 5.74) is 1.55. The number of rotatable bonds is 3. The van der Waals surface area contributed by atoms with E-state index in [0.717, 1.165) is 17.7 Å². The van der Waals surface area contributed by atoms with Gasteiger partial charge in [-0.3, -0.25) is 4.79 Å². The summed E-state index contributed by atoms with van der Waals surface area (Å²) < 4.78 is 5.14. The summed E-state index contributed by atoms with van der Waals surface area (Å²) in [6.45, 7) is 1.98. The average molecular weight is 196 g/mol. The summed E-state index contributed by atoms with van der Waals surface area (Å²) in [5, 5.41) is -0.212. The third-order valence-corrected chi connectivity index (χ3v) is 2.18. The Hall–Kier alpha value is -0.960. The zero-order valence-electron chi connectivity index (χ0n) is 7.70. The smallest absolute Gasteiger partial charge is 0.216 e. The standard InChI is InChI=1S/C10H12O2S/c1-3-7-8(10(11)13)5-4-6-9(7)12-2/h4-6H,3H2,1-2H3,(H,11,13). The molecule has 1 aromatic carbocycles. The largest absolute Gasteiger partial charge is 0.496 e. The number of hydrogen-bond acceptors (Lipinski definition) is 2. The van der Waals surface area contributed by atoms with Gasteiger partial charge >= 0.3 is 0 Å². The van der Waals surface area contributed by atoms with E-state index < -0.39 is 0 Å². The van der Waals surface area contributed by atoms with E-state index in [1.54, 1.807) is 19.2 Å². The fourth-order valence-corrected chi connectivity index (χ4v) is 1.53. The van der Waals surface area contributed by atoms with Crippen molar-refractivity contribution in [2.45, 2.75) is 13.3 Å². The molecule has 1 rings (SSSR count). The Kier molecular flexibility index (Phi) is 3.37. The van der Waals surface area contributed by atoms with Crippen molar-refractivity contribution in [2.75, 3.05) is 7.11 Å². The molecule has 70 valence electrons. The molecule has 3 heteroatoms. The SMILES string of the molecule is CCc1c(OC)cccc1C(=O)S. The van der Waals surface area contributed by atoms with Crippen molar-refractivity contribution in [2.24, 2.45) is 0 Å². The third-order valence-electron chi connectivity index (χ3n) is 1.94. The monoisotopic (exact) mass is 196 g/mol. The second kappa shape index (κ2) is 4.33. The molecule has 0 fully saturated rings. The summed E-state index contributed by atoms with van der Waals surface area (Å²) in [7, 11) is 1.60. The molecule has 0 radical (unpaired) electrons. The molecule has 2 nitrogen and oxygen atoms in total. The fraction of sp³-hybridized carbons (Fsp3) is 0.300. The minimum atomic E-state index is -0.212. The molecular formula is C10H12O2S. The predicted molar refractivity (Wildman–Crippen MR) is 55.7 cm³/mol. The lowest BCUT2D eigenvalue weighted by molar-refractivity contribution is 0.109. The molecule has 0 N–H and O–H groups in total. The van der Waals surface area contributed by atoms with Gasteiger partial charge in [-0.2, -0.15) is 0 Å². The molecule has 0 aliphatic heterocycles. The summed E-state index contributed by atoms with van der Waals surface area (Å²) in [5.74, 6) is 0.752. The van der Waals surface area contributed by atoms with Crippen molar-refractivity contribution in [3.63, 3.8) is 0 Å². The van der Waals surface area contributed by atoms with Crippen LogP contribution in [-0.2, 0) is 6.42 Å². The van der Waals surface area contributed by atoms with Crippen LogP contribution in [0.1, 0.15) is 22.8 Å². The van der Waals surface area contributed by atoms with Gasteiger partial charge in [0.1, 0.15) is 5.75 Å². The first-order chi connectivity index (χ1) is 6.20. The topological polar surface area (TPSA) is 26.3 Å². The second-order valence-electron chi connectivity index (χ2n) is 2.65. The highest BCUT2D eigenvalue weighted by molar-refractivity contribution is 7.97. The van der Waals surface area contributed by atoms with Crippen molar-refractivity contribution in [3.05, 3.63) is 29.3 Å². The molecular weight excluding hydrogens is 184 g/mol. The summed E-state index contributed by atoms with van der Waals surface area (Å²) >= 11 is 3.80. The van der Waals surface area contributed by atoms with Crippen LogP contribution >= 0.6 is 12.6 Å². The Labute approximate surface area is 83.3 Å². The van der Waals surface area contributed by atoms with Crippen LogP contribution in [0, 0.1) is 0 Å². The van der Waals surface area contributed by atoms with Crippen LogP contribution in [0.5, 0.6) is 5.75 Å². The quantitative estimate of drug-likeness (QED) is 0.751. The van der Waals surface area contributed by atoms with Gasteiger partial charge in [0.15, 0.2) is 0 Å². The van der Waals surface area contributed by atoms with Gasteiger partial charge in [0, 0.05) is 11.1 Å². The van der Waals surface area contributed by atoms with Crippen LogP contribution in [0.25, 0.3) is 0 Å². The first-order valence-corrected chi connectivity index (χ1v) is 4.54. The average Bonchev–Trinajstić information content (AvgIpc) is 2.16. The van der Waals surface area contributed by atoms with Gasteiger partial charge in [0.25, 0.3) is 0 Å². The van der Waals surface area contributed by atoms with E-state index in [-0.39, 0.29) is 5.12 Å². The first-order valence-electron chi connectivity index (χ1n) is 4.09. The molecule has 0 atom stereocenters. The molecule has 0 saturated carbocycles. The van der Waals surface area contributed by atoms with Crippen molar-refractivity contribution in [3.8, 4) is 5.75 Å². The van der Waals surface area contributed by atoms with E-state index in [4.69, 9.17) is 4.74 Å². The van der Waals surface area contributed by atoms with Crippen molar-refractivity contribution < 1.29 is 9.53 Å². The van der Waals surface area contributed by atoms with Crippen LogP contribution < -0.4 is 4.74 Å². The number of methoxy groups -OCH3 is 1. The molecule has 0 spiro atoms. The molecule has 0 bridgehead atoms. The molecule has 0 saturated heterocycles. The number of hydrogen-bond donors (Lipinski definition) is 1. The molecule has 0 unspecified atom stereocenters. The number of benzene rings is 1. The van der Waals surface area contributed by atoms with Gasteiger partial charge in [-0.05, 0) is 18.6 Å². The fourth-order valence-electron chi connectivity index (χ4n) is 1.32. The maximum Gasteiger partial charge on any atom is 0.216 e. The lowest BCUT2D eigenvalue weighted by Gasteiger charge is -2.09. The van der Waals surface area contributed by atoms with E-state index in [1.807, 2.05) is 13.0 Å². The zero-order chi connectivity index (χ0) is 9.84. The summed E-state index contributed by atoms with van der Waals surface area (Å²) in [6.07, 6.45) is 0.769. The van der Waals surface area contributed by atoms with Crippen LogP contribution in [-0.4, -0.2) is 12.2 Å². The van der Waals surface area contributed by atoms with Gasteiger partial charge < -0.3 is 4.74 Å². The molecule has 1 aromatic rings. The number of ether oxygens (including phenoxy) is 1. The van der Waals surface area contributed by atoms with Crippen LogP contribution in [0.15, 0.2) is 18.2 Å². The highest BCUT2D eigenvalue weighted by Gasteiger charge is 2.10. The Morgan fingerprint density at radius 3 is 2.69 bits per heavy atom. The Bertz CT molecular complexity index is 321. The highest BCUT2D eigenvalue weighted by atomic mass is 32.1. The minimum absolute atomic E-state index is 0.212. The summed E-state index contributed by atoms with van der Waals surface area (Å²) in [6, 6.07) is 5.40. The normalized spacial score (nSPS) is 9.77. The molecule has 13 heavy (non-hydrogen) atoms. The molecule has 0 heterocycles. The predicted octanol–water partition coefficient (Wildman–Crippen LogP) is 2.33. The van der Waals surface area contributed by atoms with Crippen LogP contribution in [0.3, 0.4) is 0 Å². The van der Waals surface area contributed by atoms with Crippen molar-refractivity contribution in [1.29, 1.82) is 0 Å². The number of carbonyl (C=O) groups excluding carboxylic acids is 1. The van der Waals surface area contributed by atoms with Gasteiger partial charge in [-0.15, -0.1) is 12.6 Å². The van der Waals surface area contributed by atoms with E-state index in [9.17, 15) is 4.79 Å². The first kappa shape index (κ1) is 10.1. The van der Waals surface area contributed by atoms with Gasteiger partial charge in [-0.25, -0.2) is 0 Å². The highest BCUT2D eigenvalue weighted by Crippen LogP contribution is 2.23. The second-order valence-corrected chi connectivity index (χ2v) is 3.05. The number of thiol groups is 1. The van der Waals surface area contributed by atoms with E-state index in [0.29, 0.717) is 5.56 Å². The van der Waals surface area contributed by atoms with E-state index >= 15 is 0 Å². The van der Waals surface area contributed by atoms with Gasteiger partial charge in [0.05, 0.1) is 7.11 Å². The molecule has 0 aliphatic carbocycles. The van der Waals surface area contributed by atoms with Crippen molar-refractivity contribution in [1.82, 2.24) is 0 Å². The van der Waals surface area contributed by atoms with Crippen molar-refractivity contribution >= 4 is 17.7 Å². The minimum Gasteiger partial charge on any atom is -0.496 e. The Morgan fingerprint density at radius 2 is 2.23 bits per heavy atom. The lowest BCUT2D eigenvalue weighted by Crippen LogP contribution is -1.99. The third kappa shape index (κ3) is 2.04. The maximum atomic E-state index is 11.1. The molecule has 0 amide bonds. The Morgan fingerprint density at radius 1 is 1.54 bits per heavy atom. The summed E-state index contributed by atoms with van der Waals surface area (Å²) in [4.78, 5) is 11.1. The van der Waals surface area contributed by atoms with Gasteiger partial charge in [-0.1, -0.05) is 13.0 Å². The molecule has 0 aromatic heterocycles. The zero-order valence-corrected chi connectivity index (χ0v) is 8.60. The lowest BCUT2D eigenvalue weighted by atomic mass is 10.1. The van der Waals surface area contributed by atoms with E-state index in [1.165, 1.54) is 0 Å². The van der Waals surface area contributed by atoms with E-state index in [2.05, 4.69) is 12.6 Å². The van der Waals surface area contributed by atoms with Crippen LogP contribution in [0.2, 0.25) is 0 Å². The molecule has 0 aliphatic rings. The number of carbonyl (C=O) groups is 1.